The van der Waals surface area contributed by atoms with E-state index in [4.69, 9.17) is 4.74 Å². The molecule has 0 amide bonds. The second kappa shape index (κ2) is 11.6. The third-order valence-electron chi connectivity index (χ3n) is 5.85. The lowest BCUT2D eigenvalue weighted by molar-refractivity contribution is 0.153. The molecule has 2 aliphatic heterocycles. The molecule has 2 fully saturated rings. The minimum atomic E-state index is 0.708. The van der Waals surface area contributed by atoms with E-state index in [2.05, 4.69) is 48.0 Å². The summed E-state index contributed by atoms with van der Waals surface area (Å²) in [7, 11) is 2.25. The smallest absolute Gasteiger partial charge is 0.119 e. The topological polar surface area (TPSA) is 15.7 Å². The van der Waals surface area contributed by atoms with Gasteiger partial charge in [-0.25, -0.2) is 0 Å². The number of benzene rings is 1. The first-order valence-electron chi connectivity index (χ1n) is 10.8. The molecular weight excluding hydrogens is 320 g/mol. The van der Waals surface area contributed by atoms with Gasteiger partial charge in [-0.15, -0.1) is 0 Å². The molecular formula is C23H40N2O. The van der Waals surface area contributed by atoms with E-state index in [9.17, 15) is 0 Å². The molecule has 3 rings (SSSR count). The fourth-order valence-electron chi connectivity index (χ4n) is 3.99. The van der Waals surface area contributed by atoms with Crippen LogP contribution >= 0.6 is 0 Å². The second-order valence-corrected chi connectivity index (χ2v) is 7.87. The highest BCUT2D eigenvalue weighted by atomic mass is 16.5. The molecule has 0 radical (unpaired) electrons. The van der Waals surface area contributed by atoms with Crippen LogP contribution in [0.3, 0.4) is 0 Å². The van der Waals surface area contributed by atoms with E-state index in [1.165, 1.54) is 57.3 Å². The number of ether oxygens (including phenoxy) is 1. The van der Waals surface area contributed by atoms with E-state index < -0.39 is 0 Å². The lowest BCUT2D eigenvalue weighted by Gasteiger charge is -2.32. The van der Waals surface area contributed by atoms with Gasteiger partial charge in [0, 0.05) is 12.6 Å². The van der Waals surface area contributed by atoms with Gasteiger partial charge in [0.1, 0.15) is 5.75 Å². The third kappa shape index (κ3) is 6.92. The van der Waals surface area contributed by atoms with Gasteiger partial charge in [0.05, 0.1) is 6.61 Å². The van der Waals surface area contributed by atoms with Gasteiger partial charge in [0.25, 0.3) is 0 Å². The van der Waals surface area contributed by atoms with Crippen molar-refractivity contribution in [3.05, 3.63) is 29.8 Å². The standard InChI is InChI=1S/C21H34N2O.C2H6/c1-18-10-14-23(15-11-18)17-19-6-8-21(9-7-19)24-16-12-20-5-3-4-13-22(20)2;1-2/h6-9,18,20H,3-5,10-17H2,1-2H3;1-2H3. The molecule has 3 heteroatoms. The monoisotopic (exact) mass is 360 g/mol. The first kappa shape index (κ1) is 21.2. The Bertz CT molecular complexity index is 479. The van der Waals surface area contributed by atoms with E-state index in [0.29, 0.717) is 6.04 Å². The molecule has 0 N–H and O–H groups in total. The predicted molar refractivity (Wildman–Crippen MR) is 112 cm³/mol. The Morgan fingerprint density at radius 2 is 1.65 bits per heavy atom. The Labute approximate surface area is 161 Å². The highest BCUT2D eigenvalue weighted by molar-refractivity contribution is 5.27. The van der Waals surface area contributed by atoms with Crippen LogP contribution in [0.4, 0.5) is 0 Å². The van der Waals surface area contributed by atoms with Gasteiger partial charge in [0.15, 0.2) is 0 Å². The summed E-state index contributed by atoms with van der Waals surface area (Å²) in [6.45, 7) is 12.0. The van der Waals surface area contributed by atoms with Crippen molar-refractivity contribution in [3.8, 4) is 5.75 Å². The molecule has 1 unspecified atom stereocenters. The van der Waals surface area contributed by atoms with Crippen molar-refractivity contribution in [3.63, 3.8) is 0 Å². The lowest BCUT2D eigenvalue weighted by Crippen LogP contribution is -2.37. The maximum absolute atomic E-state index is 5.98. The largest absolute Gasteiger partial charge is 0.494 e. The zero-order valence-electron chi connectivity index (χ0n) is 17.5. The average molecular weight is 361 g/mol. The van der Waals surface area contributed by atoms with Gasteiger partial charge in [-0.2, -0.15) is 0 Å². The number of hydrogen-bond donors (Lipinski definition) is 0. The summed E-state index contributed by atoms with van der Waals surface area (Å²) in [4.78, 5) is 5.07. The van der Waals surface area contributed by atoms with Crippen LogP contribution in [0.5, 0.6) is 5.75 Å². The van der Waals surface area contributed by atoms with E-state index in [-0.39, 0.29) is 0 Å². The molecule has 2 saturated heterocycles. The first-order valence-corrected chi connectivity index (χ1v) is 10.8. The predicted octanol–water partition coefficient (Wildman–Crippen LogP) is 5.20. The number of likely N-dealkylation sites (tertiary alicyclic amines) is 2. The van der Waals surface area contributed by atoms with E-state index in [0.717, 1.165) is 31.2 Å². The van der Waals surface area contributed by atoms with Crippen LogP contribution in [-0.2, 0) is 6.54 Å². The first-order chi connectivity index (χ1) is 12.7. The van der Waals surface area contributed by atoms with E-state index >= 15 is 0 Å². The van der Waals surface area contributed by atoms with Gasteiger partial charge in [0.2, 0.25) is 0 Å². The average Bonchev–Trinajstić information content (AvgIpc) is 2.68. The maximum atomic E-state index is 5.98. The van der Waals surface area contributed by atoms with Crippen LogP contribution in [0, 0.1) is 5.92 Å². The quantitative estimate of drug-likeness (QED) is 0.693. The number of nitrogens with zero attached hydrogens (tertiary/aromatic N) is 2. The van der Waals surface area contributed by atoms with Gasteiger partial charge >= 0.3 is 0 Å². The molecule has 0 spiro atoms. The molecule has 0 aliphatic carbocycles. The van der Waals surface area contributed by atoms with Crippen molar-refractivity contribution in [2.75, 3.05) is 33.3 Å². The van der Waals surface area contributed by atoms with Crippen molar-refractivity contribution < 1.29 is 4.74 Å². The molecule has 0 bridgehead atoms. The summed E-state index contributed by atoms with van der Waals surface area (Å²) in [5.41, 5.74) is 1.41. The zero-order chi connectivity index (χ0) is 18.8. The minimum absolute atomic E-state index is 0.708. The second-order valence-electron chi connectivity index (χ2n) is 7.87. The van der Waals surface area contributed by atoms with Crippen LogP contribution in [0.1, 0.15) is 64.9 Å². The maximum Gasteiger partial charge on any atom is 0.119 e. The van der Waals surface area contributed by atoms with E-state index in [1.54, 1.807) is 0 Å². The van der Waals surface area contributed by atoms with Crippen molar-refractivity contribution in [1.29, 1.82) is 0 Å². The molecule has 1 aromatic carbocycles. The molecule has 2 aliphatic rings. The van der Waals surface area contributed by atoms with Crippen LogP contribution < -0.4 is 4.74 Å². The number of rotatable bonds is 6. The van der Waals surface area contributed by atoms with Crippen LogP contribution in [0.2, 0.25) is 0 Å². The van der Waals surface area contributed by atoms with Crippen molar-refractivity contribution in [1.82, 2.24) is 9.80 Å². The summed E-state index contributed by atoms with van der Waals surface area (Å²) in [6, 6.07) is 9.47. The normalized spacial score (nSPS) is 22.5. The Kier molecular flexibility index (Phi) is 9.49. The molecule has 3 nitrogen and oxygen atoms in total. The SMILES string of the molecule is CC.CC1CCN(Cc2ccc(OCCC3CCCCN3C)cc2)CC1. The Hall–Kier alpha value is -1.06. The Balaban J connectivity index is 0.00000117. The van der Waals surface area contributed by atoms with Gasteiger partial charge in [-0.05, 0) is 82.4 Å². The number of piperidine rings is 2. The summed E-state index contributed by atoms with van der Waals surface area (Å²) >= 11 is 0. The minimum Gasteiger partial charge on any atom is -0.494 e. The third-order valence-corrected chi connectivity index (χ3v) is 5.85. The molecule has 0 aromatic heterocycles. The van der Waals surface area contributed by atoms with Crippen molar-refractivity contribution in [2.45, 2.75) is 71.9 Å². The summed E-state index contributed by atoms with van der Waals surface area (Å²) in [5.74, 6) is 1.92. The summed E-state index contributed by atoms with van der Waals surface area (Å²) in [5, 5.41) is 0. The Morgan fingerprint density at radius 3 is 2.31 bits per heavy atom. The van der Waals surface area contributed by atoms with Crippen molar-refractivity contribution >= 4 is 0 Å². The van der Waals surface area contributed by atoms with Gasteiger partial charge in [-0.3, -0.25) is 4.90 Å². The number of hydrogen-bond acceptors (Lipinski definition) is 3. The molecule has 1 atom stereocenters. The molecule has 1 aromatic rings. The van der Waals surface area contributed by atoms with Crippen LogP contribution in [0.15, 0.2) is 24.3 Å². The molecule has 148 valence electrons. The van der Waals surface area contributed by atoms with Gasteiger partial charge < -0.3 is 9.64 Å². The summed E-state index contributed by atoms with van der Waals surface area (Å²) < 4.78 is 5.98. The molecule has 0 saturated carbocycles. The van der Waals surface area contributed by atoms with Crippen LogP contribution in [0.25, 0.3) is 0 Å². The highest BCUT2D eigenvalue weighted by Gasteiger charge is 2.18. The fraction of sp³-hybridized carbons (Fsp3) is 0.739. The molecule has 26 heavy (non-hydrogen) atoms. The van der Waals surface area contributed by atoms with Crippen LogP contribution in [-0.4, -0.2) is 49.1 Å². The lowest BCUT2D eigenvalue weighted by atomic mass is 9.99. The Morgan fingerprint density at radius 1 is 0.962 bits per heavy atom. The summed E-state index contributed by atoms with van der Waals surface area (Å²) in [6.07, 6.45) is 7.88. The highest BCUT2D eigenvalue weighted by Crippen LogP contribution is 2.21. The zero-order valence-corrected chi connectivity index (χ0v) is 17.5. The van der Waals surface area contributed by atoms with E-state index in [1.807, 2.05) is 13.8 Å². The van der Waals surface area contributed by atoms with Gasteiger partial charge in [-0.1, -0.05) is 39.3 Å². The van der Waals surface area contributed by atoms with Crippen molar-refractivity contribution in [2.24, 2.45) is 5.92 Å². The molecule has 2 heterocycles. The fourth-order valence-corrected chi connectivity index (χ4v) is 3.99.